The zero-order valence-electron chi connectivity index (χ0n) is 17.3. The van der Waals surface area contributed by atoms with Gasteiger partial charge in [-0.1, -0.05) is 0 Å². The van der Waals surface area contributed by atoms with Gasteiger partial charge >= 0.3 is 6.18 Å². The molecule has 0 unspecified atom stereocenters. The number of anilines is 2. The number of nitrogens with zero attached hydrogens (tertiary/aromatic N) is 2. The molecule has 1 saturated heterocycles. The predicted octanol–water partition coefficient (Wildman–Crippen LogP) is 3.99. The third-order valence-electron chi connectivity index (χ3n) is 4.58. The molecule has 1 aromatic heterocycles. The fraction of sp³-hybridized carbons (Fsp3) is 0.429. The Bertz CT molecular complexity index is 898. The first kappa shape index (κ1) is 22.7. The van der Waals surface area contributed by atoms with Gasteiger partial charge in [-0.25, -0.2) is 0 Å². The SMILES string of the molecule is CCOc1cc(N2CCOCC2)c(OCC)cc1NC(=O)c1ccc(C(F)(F)F)nc1. The van der Waals surface area contributed by atoms with Gasteiger partial charge in [-0.2, -0.15) is 13.2 Å². The minimum absolute atomic E-state index is 0.00864. The minimum atomic E-state index is -4.57. The van der Waals surface area contributed by atoms with Gasteiger partial charge < -0.3 is 24.4 Å². The Labute approximate surface area is 178 Å². The van der Waals surface area contributed by atoms with Crippen molar-refractivity contribution in [1.82, 2.24) is 4.98 Å². The Hall–Kier alpha value is -3.01. The van der Waals surface area contributed by atoms with Crippen molar-refractivity contribution < 1.29 is 32.2 Å². The highest BCUT2D eigenvalue weighted by Crippen LogP contribution is 2.39. The highest BCUT2D eigenvalue weighted by Gasteiger charge is 2.32. The molecule has 1 N–H and O–H groups in total. The number of alkyl halides is 3. The van der Waals surface area contributed by atoms with Gasteiger partial charge in [0, 0.05) is 31.4 Å². The molecule has 2 aromatic rings. The summed E-state index contributed by atoms with van der Waals surface area (Å²) in [5.41, 5.74) is 0.105. The van der Waals surface area contributed by atoms with Gasteiger partial charge in [0.25, 0.3) is 5.91 Å². The van der Waals surface area contributed by atoms with E-state index < -0.39 is 17.8 Å². The second kappa shape index (κ2) is 9.86. The van der Waals surface area contributed by atoms with E-state index in [2.05, 4.69) is 15.2 Å². The number of hydrogen-bond donors (Lipinski definition) is 1. The molecule has 1 aromatic carbocycles. The van der Waals surface area contributed by atoms with E-state index in [4.69, 9.17) is 14.2 Å². The Morgan fingerprint density at radius 1 is 1.13 bits per heavy atom. The van der Waals surface area contributed by atoms with Crippen molar-refractivity contribution in [3.8, 4) is 11.5 Å². The summed E-state index contributed by atoms with van der Waals surface area (Å²) in [6.45, 7) is 7.01. The largest absolute Gasteiger partial charge is 0.492 e. The van der Waals surface area contributed by atoms with Crippen LogP contribution < -0.4 is 19.7 Å². The van der Waals surface area contributed by atoms with Gasteiger partial charge in [0.1, 0.15) is 17.2 Å². The summed E-state index contributed by atoms with van der Waals surface area (Å²) < 4.78 is 55.0. The molecule has 0 saturated carbocycles. The van der Waals surface area contributed by atoms with E-state index in [9.17, 15) is 18.0 Å². The Balaban J connectivity index is 1.89. The van der Waals surface area contributed by atoms with E-state index in [1.807, 2.05) is 13.8 Å². The van der Waals surface area contributed by atoms with Gasteiger partial charge in [0.15, 0.2) is 0 Å². The van der Waals surface area contributed by atoms with Crippen LogP contribution in [0.1, 0.15) is 29.9 Å². The van der Waals surface area contributed by atoms with Gasteiger partial charge in [-0.3, -0.25) is 9.78 Å². The van der Waals surface area contributed by atoms with Gasteiger partial charge in [-0.05, 0) is 26.0 Å². The lowest BCUT2D eigenvalue weighted by atomic mass is 10.2. The summed E-state index contributed by atoms with van der Waals surface area (Å²) in [5, 5.41) is 2.69. The van der Waals surface area contributed by atoms with E-state index in [1.54, 1.807) is 12.1 Å². The second-order valence-corrected chi connectivity index (χ2v) is 6.67. The molecule has 1 amide bonds. The molecular formula is C21H24F3N3O4. The maximum atomic E-state index is 12.7. The first-order valence-electron chi connectivity index (χ1n) is 9.94. The number of rotatable bonds is 7. The van der Waals surface area contributed by atoms with Gasteiger partial charge in [0.2, 0.25) is 0 Å². The number of nitrogens with one attached hydrogen (secondary N) is 1. The highest BCUT2D eigenvalue weighted by molar-refractivity contribution is 6.05. The molecule has 168 valence electrons. The van der Waals surface area contributed by atoms with Crippen LogP contribution >= 0.6 is 0 Å². The van der Waals surface area contributed by atoms with Crippen LogP contribution in [0.2, 0.25) is 0 Å². The normalized spacial score (nSPS) is 14.3. The molecule has 0 bridgehead atoms. The Kier molecular flexibility index (Phi) is 7.21. The Morgan fingerprint density at radius 2 is 1.81 bits per heavy atom. The maximum Gasteiger partial charge on any atom is 0.433 e. The van der Waals surface area contributed by atoms with E-state index in [0.717, 1.165) is 24.0 Å². The summed E-state index contributed by atoms with van der Waals surface area (Å²) in [4.78, 5) is 18.1. The number of benzene rings is 1. The number of carbonyl (C=O) groups is 1. The molecule has 2 heterocycles. The molecule has 0 spiro atoms. The topological polar surface area (TPSA) is 72.9 Å². The first-order chi connectivity index (χ1) is 14.8. The van der Waals surface area contributed by atoms with Crippen LogP contribution in [-0.2, 0) is 10.9 Å². The monoisotopic (exact) mass is 439 g/mol. The van der Waals surface area contributed by atoms with E-state index in [-0.39, 0.29) is 5.56 Å². The third kappa shape index (κ3) is 5.57. The van der Waals surface area contributed by atoms with Crippen molar-refractivity contribution in [3.63, 3.8) is 0 Å². The standard InChI is InChI=1S/C21H24F3N3O4/c1-3-30-17-12-16(27-7-9-29-10-8-27)18(31-4-2)11-15(17)26-20(28)14-5-6-19(25-13-14)21(22,23)24/h5-6,11-13H,3-4,7-10H2,1-2H3,(H,26,28). The fourth-order valence-electron chi connectivity index (χ4n) is 3.13. The van der Waals surface area contributed by atoms with Crippen molar-refractivity contribution in [2.45, 2.75) is 20.0 Å². The smallest absolute Gasteiger partial charge is 0.433 e. The second-order valence-electron chi connectivity index (χ2n) is 6.67. The molecule has 1 aliphatic heterocycles. The van der Waals surface area contributed by atoms with Crippen molar-refractivity contribution in [2.75, 3.05) is 49.7 Å². The minimum Gasteiger partial charge on any atom is -0.492 e. The van der Waals surface area contributed by atoms with Gasteiger partial charge in [0.05, 0.1) is 43.4 Å². The average molecular weight is 439 g/mol. The van der Waals surface area contributed by atoms with Crippen LogP contribution in [0.25, 0.3) is 0 Å². The average Bonchev–Trinajstić information content (AvgIpc) is 2.76. The molecule has 31 heavy (non-hydrogen) atoms. The third-order valence-corrected chi connectivity index (χ3v) is 4.58. The first-order valence-corrected chi connectivity index (χ1v) is 9.94. The highest BCUT2D eigenvalue weighted by atomic mass is 19.4. The van der Waals surface area contributed by atoms with Gasteiger partial charge in [-0.15, -0.1) is 0 Å². The zero-order chi connectivity index (χ0) is 22.4. The summed E-state index contributed by atoms with van der Waals surface area (Å²) in [6.07, 6.45) is -3.68. The summed E-state index contributed by atoms with van der Waals surface area (Å²) in [7, 11) is 0. The molecule has 1 fully saturated rings. The number of halogens is 3. The number of morpholine rings is 1. The lowest BCUT2D eigenvalue weighted by Crippen LogP contribution is -2.36. The lowest BCUT2D eigenvalue weighted by molar-refractivity contribution is -0.141. The fourth-order valence-corrected chi connectivity index (χ4v) is 3.13. The van der Waals surface area contributed by atoms with Crippen molar-refractivity contribution >= 4 is 17.3 Å². The molecule has 1 aliphatic rings. The molecular weight excluding hydrogens is 415 g/mol. The van der Waals surface area contributed by atoms with Crippen LogP contribution in [0.4, 0.5) is 24.5 Å². The van der Waals surface area contributed by atoms with E-state index in [0.29, 0.717) is 56.7 Å². The van der Waals surface area contributed by atoms with Crippen molar-refractivity contribution in [3.05, 3.63) is 41.7 Å². The number of amides is 1. The van der Waals surface area contributed by atoms with Crippen LogP contribution in [0, 0.1) is 0 Å². The summed E-state index contributed by atoms with van der Waals surface area (Å²) in [6, 6.07) is 5.30. The summed E-state index contributed by atoms with van der Waals surface area (Å²) >= 11 is 0. The molecule has 10 heteroatoms. The van der Waals surface area contributed by atoms with Crippen molar-refractivity contribution in [1.29, 1.82) is 0 Å². The van der Waals surface area contributed by atoms with E-state index in [1.165, 1.54) is 0 Å². The molecule has 0 aliphatic carbocycles. The van der Waals surface area contributed by atoms with Crippen LogP contribution in [0.15, 0.2) is 30.5 Å². The number of hydrogen-bond acceptors (Lipinski definition) is 6. The molecule has 7 nitrogen and oxygen atoms in total. The quantitative estimate of drug-likeness (QED) is 0.704. The molecule has 0 atom stereocenters. The molecule has 0 radical (unpaired) electrons. The number of ether oxygens (including phenoxy) is 3. The molecule has 3 rings (SSSR count). The van der Waals surface area contributed by atoms with Crippen LogP contribution in [0.5, 0.6) is 11.5 Å². The maximum absolute atomic E-state index is 12.7. The predicted molar refractivity (Wildman–Crippen MR) is 109 cm³/mol. The lowest BCUT2D eigenvalue weighted by Gasteiger charge is -2.31. The van der Waals surface area contributed by atoms with Crippen LogP contribution in [-0.4, -0.2) is 50.4 Å². The van der Waals surface area contributed by atoms with E-state index >= 15 is 0 Å². The number of aromatic nitrogens is 1. The van der Waals surface area contributed by atoms with Crippen LogP contribution in [0.3, 0.4) is 0 Å². The van der Waals surface area contributed by atoms with Crippen molar-refractivity contribution in [2.24, 2.45) is 0 Å². The zero-order valence-corrected chi connectivity index (χ0v) is 17.3. The Morgan fingerprint density at radius 3 is 2.39 bits per heavy atom. The number of carbonyl (C=O) groups excluding carboxylic acids is 1. The summed E-state index contributed by atoms with van der Waals surface area (Å²) in [5.74, 6) is 0.387. The number of pyridine rings is 1.